The highest BCUT2D eigenvalue weighted by Gasteiger charge is 2.72. The maximum absolute atomic E-state index is 16.2. The lowest BCUT2D eigenvalue weighted by Gasteiger charge is -2.71. The van der Waals surface area contributed by atoms with Gasteiger partial charge in [-0.05, 0) is 124 Å². The van der Waals surface area contributed by atoms with Crippen molar-refractivity contribution in [1.82, 2.24) is 0 Å². The maximum Gasteiger partial charge on any atom is 0.335 e. The van der Waals surface area contributed by atoms with Gasteiger partial charge in [0.2, 0.25) is 6.29 Å². The maximum atomic E-state index is 16.2. The topological polar surface area (TPSA) is 616 Å². The first-order chi connectivity index (χ1) is 56.3. The first-order valence-corrected chi connectivity index (χ1v) is 41.5. The van der Waals surface area contributed by atoms with E-state index in [2.05, 4.69) is 40.7 Å². The molecule has 5 aliphatic carbocycles. The molecule has 0 radical (unpaired) electrons. The molecular formula is C79H122O41. The molecule has 18 N–H and O–H groups in total. The molecule has 12 fully saturated rings. The number of aldehydes is 1. The van der Waals surface area contributed by atoms with Crippen LogP contribution in [0, 0.1) is 50.2 Å². The molecule has 13 aliphatic rings. The summed E-state index contributed by atoms with van der Waals surface area (Å²) in [5.74, 6) is -5.30. The largest absolute Gasteiger partial charge is 0.479 e. The molecule has 8 aliphatic heterocycles. The molecule has 0 unspecified atom stereocenters. The molecule has 0 spiro atoms. The zero-order chi connectivity index (χ0) is 87.6. The van der Waals surface area contributed by atoms with Crippen LogP contribution in [0.3, 0.4) is 0 Å². The zero-order valence-electron chi connectivity index (χ0n) is 68.7. The molecule has 120 heavy (non-hydrogen) atoms. The van der Waals surface area contributed by atoms with Gasteiger partial charge in [0, 0.05) is 13.8 Å². The Morgan fingerprint density at radius 2 is 0.933 bits per heavy atom. The van der Waals surface area contributed by atoms with E-state index in [0.717, 1.165) is 25.7 Å². The van der Waals surface area contributed by atoms with Gasteiger partial charge in [-0.15, -0.1) is 0 Å². The van der Waals surface area contributed by atoms with E-state index < -0.39 is 323 Å². The minimum Gasteiger partial charge on any atom is -0.479 e. The zero-order valence-corrected chi connectivity index (χ0v) is 68.7. The van der Waals surface area contributed by atoms with Crippen molar-refractivity contribution in [3.05, 3.63) is 11.6 Å². The summed E-state index contributed by atoms with van der Waals surface area (Å²) in [6.07, 6.45) is -60.5. The normalized spacial score (nSPS) is 52.8. The molecule has 0 aromatic carbocycles. The van der Waals surface area contributed by atoms with E-state index in [1.165, 1.54) is 20.8 Å². The van der Waals surface area contributed by atoms with Gasteiger partial charge in [0.1, 0.15) is 141 Å². The molecular weight excluding hydrogens is 1600 g/mol. The number of carboxylic acids is 1. The highest BCUT2D eigenvalue weighted by molar-refractivity contribution is 5.79. The number of aliphatic hydroxyl groups excluding tert-OH is 17. The van der Waals surface area contributed by atoms with Crippen molar-refractivity contribution in [2.75, 3.05) is 26.4 Å². The number of rotatable bonds is 21. The van der Waals surface area contributed by atoms with Gasteiger partial charge >= 0.3 is 23.9 Å². The van der Waals surface area contributed by atoms with Gasteiger partial charge in [0.15, 0.2) is 68.4 Å². The summed E-state index contributed by atoms with van der Waals surface area (Å²) in [5.41, 5.74) is -3.97. The molecule has 0 aromatic heterocycles. The van der Waals surface area contributed by atoms with Crippen LogP contribution in [0.2, 0.25) is 0 Å². The summed E-state index contributed by atoms with van der Waals surface area (Å²) in [5, 5.41) is 200. The second kappa shape index (κ2) is 35.9. The van der Waals surface area contributed by atoms with Crippen LogP contribution < -0.4 is 0 Å². The van der Waals surface area contributed by atoms with E-state index in [-0.39, 0.29) is 24.2 Å². The number of ether oxygens (including phenoxy) is 18. The van der Waals surface area contributed by atoms with Crippen molar-refractivity contribution < 1.29 is 201 Å². The van der Waals surface area contributed by atoms with E-state index in [0.29, 0.717) is 51.4 Å². The van der Waals surface area contributed by atoms with Crippen molar-refractivity contribution in [2.24, 2.45) is 50.2 Å². The van der Waals surface area contributed by atoms with Crippen LogP contribution in [-0.2, 0) is 109 Å². The molecule has 8 heterocycles. The Hall–Kier alpha value is -3.99. The summed E-state index contributed by atoms with van der Waals surface area (Å²) >= 11 is 0. The average molecular weight is 1730 g/mol. The highest BCUT2D eigenvalue weighted by Crippen LogP contribution is 2.76. The quantitative estimate of drug-likeness (QED) is 0.0168. The van der Waals surface area contributed by atoms with Crippen LogP contribution in [0.5, 0.6) is 0 Å². The van der Waals surface area contributed by atoms with Gasteiger partial charge in [-0.25, -0.2) is 4.79 Å². The third kappa shape index (κ3) is 17.0. The molecule has 4 saturated carbocycles. The van der Waals surface area contributed by atoms with Crippen LogP contribution >= 0.6 is 0 Å². The number of carboxylic acid groups (broad SMARTS) is 1. The smallest absolute Gasteiger partial charge is 0.335 e. The molecule has 0 amide bonds. The fraction of sp³-hybridized carbons (Fsp3) is 0.911. The second-order valence-electron chi connectivity index (χ2n) is 37.0. The fourth-order valence-electron chi connectivity index (χ4n) is 22.0. The third-order valence-electron chi connectivity index (χ3n) is 29.1. The second-order valence-corrected chi connectivity index (χ2v) is 37.0. The first kappa shape index (κ1) is 93.6. The number of allylic oxidation sites excluding steroid dienone is 2. The van der Waals surface area contributed by atoms with Crippen molar-refractivity contribution in [2.45, 2.75) is 374 Å². The van der Waals surface area contributed by atoms with Gasteiger partial charge in [-0.1, -0.05) is 53.2 Å². The number of hydrogen-bond donors (Lipinski definition) is 18. The first-order valence-electron chi connectivity index (χ1n) is 41.5. The van der Waals surface area contributed by atoms with Gasteiger partial charge < -0.3 is 182 Å². The van der Waals surface area contributed by atoms with E-state index in [4.69, 9.17) is 85.3 Å². The minimum absolute atomic E-state index is 0.108. The van der Waals surface area contributed by atoms with E-state index in [9.17, 15) is 111 Å². The number of aliphatic carboxylic acids is 1. The molecule has 8 saturated heterocycles. The fourth-order valence-corrected chi connectivity index (χ4v) is 22.0. The lowest BCUT2D eigenvalue weighted by molar-refractivity contribution is -0.391. The van der Waals surface area contributed by atoms with Gasteiger partial charge in [0.25, 0.3) is 0 Å². The van der Waals surface area contributed by atoms with Crippen molar-refractivity contribution in [1.29, 1.82) is 0 Å². The van der Waals surface area contributed by atoms with Crippen molar-refractivity contribution >= 4 is 30.2 Å². The molecule has 46 atom stereocenters. The molecule has 0 aromatic rings. The monoisotopic (exact) mass is 1730 g/mol. The molecule has 41 heteroatoms. The van der Waals surface area contributed by atoms with E-state index in [1.54, 1.807) is 6.92 Å². The molecule has 0 bridgehead atoms. The summed E-state index contributed by atoms with van der Waals surface area (Å²) in [7, 11) is 0. The lowest BCUT2D eigenvalue weighted by Crippen LogP contribution is -2.69. The number of hydrogen-bond acceptors (Lipinski definition) is 40. The predicted octanol–water partition coefficient (Wildman–Crippen LogP) is -5.33. The lowest BCUT2D eigenvalue weighted by atomic mass is 9.33. The van der Waals surface area contributed by atoms with Crippen molar-refractivity contribution in [3.8, 4) is 0 Å². The Labute approximate surface area is 691 Å². The van der Waals surface area contributed by atoms with Crippen LogP contribution in [0.15, 0.2) is 11.6 Å². The number of carbonyl (C=O) groups excluding carboxylic acids is 4. The summed E-state index contributed by atoms with van der Waals surface area (Å²) in [4.78, 5) is 68.5. The Morgan fingerprint density at radius 3 is 1.53 bits per heavy atom. The van der Waals surface area contributed by atoms with Crippen molar-refractivity contribution in [3.63, 3.8) is 0 Å². The third-order valence-corrected chi connectivity index (χ3v) is 29.1. The molecule has 41 nitrogen and oxygen atoms in total. The predicted molar refractivity (Wildman–Crippen MR) is 391 cm³/mol. The Kier molecular flexibility index (Phi) is 28.0. The van der Waals surface area contributed by atoms with Crippen LogP contribution in [-0.4, -0.2) is 382 Å². The SMILES string of the molecule is CC(=O)O[C@@H]1[C@@H](O)[C@H](O[C@H]2[C@H](O)[C@@H](O[C@@H]3O[C@@H](C)[C@H](O[C@@H]4OC[C@@H](O)[C@H](O[C@@H]5OC[C@@H](O)[C@H](O)[C@H]5O)[C@H]4O)[C@@H](O)[C@H]3O)[C@H](OC(=O)[C@]34CCC(C)(C)C[C@H]3C3=CC[C@H]5[C@@]6(C)CC[C@H](O[C@@H]7O[C@H](C(=O)O)[C@@H](O)[C@H](O[C@@H]8OC[C@@H](O)[C@H](O)[C@H]8O)[C@H]7O[C@@H]7O[C@H](CO)[C@@H](O)[C@H](O)[C@H]7O)[C@@](C)(C=O)[C@@H]6CC[C@@]5(C)[C@]3(C)CC4)O[C@@H]2C)O[C@H](C)[C@H]1OC(C)=O. The summed E-state index contributed by atoms with van der Waals surface area (Å²) in [6, 6.07) is 0. The van der Waals surface area contributed by atoms with E-state index in [1.807, 2.05) is 0 Å². The Morgan fingerprint density at radius 1 is 0.442 bits per heavy atom. The van der Waals surface area contributed by atoms with Gasteiger partial charge in [-0.2, -0.15) is 0 Å². The van der Waals surface area contributed by atoms with Gasteiger partial charge in [0.05, 0.1) is 61.7 Å². The average Bonchev–Trinajstić information content (AvgIpc) is 0.672. The number of aliphatic hydroxyl groups is 17. The molecule has 13 rings (SSSR count). The van der Waals surface area contributed by atoms with Crippen LogP contribution in [0.25, 0.3) is 0 Å². The number of esters is 3. The Bertz CT molecular complexity index is 3620. The minimum atomic E-state index is -2.23. The number of carbonyl (C=O) groups is 5. The summed E-state index contributed by atoms with van der Waals surface area (Å²) < 4.78 is 108. The molecule has 684 valence electrons. The summed E-state index contributed by atoms with van der Waals surface area (Å²) in [6.45, 7) is 16.5. The van der Waals surface area contributed by atoms with Crippen LogP contribution in [0.1, 0.15) is 140 Å². The highest BCUT2D eigenvalue weighted by atomic mass is 16.8. The van der Waals surface area contributed by atoms with Gasteiger partial charge in [-0.3, -0.25) is 14.4 Å². The number of fused-ring (bicyclic) bond motifs is 7. The Balaban J connectivity index is 0.768. The standard InChI is InChI=1S/C79H122O41/c1-28-55(113-67-53(98)58(37(86)26-105-67)115-65-47(92)42(87)35(84)24-103-65)46(91)50(95)68(106-28)118-62-51(96)56(114-70-54(99)60(110-32(5)83)57(30(3)107-70)109-31(4)82)29(2)108-71(62)120-73(102)79-20-18-74(6,7)22-34(79)33-12-13-40-75(8)16-15-41(76(9,27-81)39(75)14-17-78(40,11)77(33,10)19-21-79)112-72-63(119-69-49(94)45(90)44(89)38(23-80)111-69)59(52(97)61(117-72)64(100)101)116-66-48(93)43(88)36(85)25-104-66/h12,27-30,34-63,65-72,80,84-99H,13-26H2,1-11H3,(H,100,101)/t28-,29+,30+,34-,35+,36+,37+,38+,39+,40-,41-,42-,43-,44+,45-,46-,47+,48+,49+,50+,51-,52-,53+,54+,55-,56+,57+,58-,59-,60+,61-,62+,63+,65-,66-,67-,68-,69-,70-,71-,72+,75-,76-,77+,78+,79-/m0/s1. The van der Waals surface area contributed by atoms with E-state index >= 15 is 4.79 Å². The van der Waals surface area contributed by atoms with Crippen LogP contribution in [0.4, 0.5) is 0 Å².